The topological polar surface area (TPSA) is 58.6 Å². The minimum atomic E-state index is -2.94. The Morgan fingerprint density at radius 1 is 1.21 bits per heavy atom. The molecule has 0 aromatic heterocycles. The molecule has 3 rings (SSSR count). The third-order valence-electron chi connectivity index (χ3n) is 4.93. The van der Waals surface area contributed by atoms with Crippen molar-refractivity contribution in [1.29, 1.82) is 0 Å². The summed E-state index contributed by atoms with van der Waals surface area (Å²) in [7, 11) is 0. The Balaban J connectivity index is 1.67. The lowest BCUT2D eigenvalue weighted by atomic mass is 9.96. The van der Waals surface area contributed by atoms with Gasteiger partial charge < -0.3 is 15.0 Å². The van der Waals surface area contributed by atoms with E-state index in [9.17, 15) is 18.4 Å². The number of nitrogens with one attached hydrogen (secondary N) is 1. The first kappa shape index (κ1) is 21.0. The van der Waals surface area contributed by atoms with E-state index in [0.29, 0.717) is 47.8 Å². The van der Waals surface area contributed by atoms with Crippen LogP contribution >= 0.6 is 11.6 Å². The molecule has 8 heteroatoms. The second kappa shape index (κ2) is 9.22. The Morgan fingerprint density at radius 2 is 1.93 bits per heavy atom. The second-order valence-corrected chi connectivity index (χ2v) is 7.33. The largest absolute Gasteiger partial charge is 0.434 e. The molecule has 1 aliphatic heterocycles. The predicted molar refractivity (Wildman–Crippen MR) is 107 cm³/mol. The molecule has 29 heavy (non-hydrogen) atoms. The maximum absolute atomic E-state index is 12.7. The summed E-state index contributed by atoms with van der Waals surface area (Å²) in [5.41, 5.74) is 1.35. The van der Waals surface area contributed by atoms with E-state index in [1.165, 1.54) is 12.1 Å². The van der Waals surface area contributed by atoms with Gasteiger partial charge in [0.25, 0.3) is 5.91 Å². The number of halogens is 3. The number of piperidine rings is 1. The van der Waals surface area contributed by atoms with Crippen molar-refractivity contribution < 1.29 is 23.1 Å². The average molecular weight is 423 g/mol. The summed E-state index contributed by atoms with van der Waals surface area (Å²) in [6.45, 7) is -0.475. The molecule has 0 saturated carbocycles. The molecule has 0 bridgehead atoms. The molecule has 2 amide bonds. The molecule has 0 aliphatic carbocycles. The average Bonchev–Trinajstić information content (AvgIpc) is 2.71. The van der Waals surface area contributed by atoms with Crippen LogP contribution in [0.1, 0.15) is 28.8 Å². The van der Waals surface area contributed by atoms with Crippen LogP contribution in [0.3, 0.4) is 0 Å². The first-order valence-electron chi connectivity index (χ1n) is 9.25. The van der Waals surface area contributed by atoms with Crippen LogP contribution in [0, 0.1) is 12.8 Å². The van der Waals surface area contributed by atoms with Gasteiger partial charge in [0.15, 0.2) is 0 Å². The van der Waals surface area contributed by atoms with Gasteiger partial charge >= 0.3 is 6.61 Å². The van der Waals surface area contributed by atoms with E-state index in [-0.39, 0.29) is 23.5 Å². The van der Waals surface area contributed by atoms with Crippen molar-refractivity contribution in [3.63, 3.8) is 0 Å². The van der Waals surface area contributed by atoms with Crippen molar-refractivity contribution in [3.05, 3.63) is 58.6 Å². The fourth-order valence-corrected chi connectivity index (χ4v) is 3.48. The third-order valence-corrected chi connectivity index (χ3v) is 5.18. The van der Waals surface area contributed by atoms with Crippen molar-refractivity contribution in [2.45, 2.75) is 26.4 Å². The van der Waals surface area contributed by atoms with Crippen molar-refractivity contribution >= 4 is 29.1 Å². The third kappa shape index (κ3) is 5.23. The van der Waals surface area contributed by atoms with Gasteiger partial charge in [-0.3, -0.25) is 9.59 Å². The monoisotopic (exact) mass is 422 g/mol. The SMILES string of the molecule is Cc1c(NC(=O)C2CCCN(C(=O)c3ccc(Cl)cc3)C2)cccc1OC(F)F. The van der Waals surface area contributed by atoms with E-state index >= 15 is 0 Å². The van der Waals surface area contributed by atoms with Crippen LogP contribution < -0.4 is 10.1 Å². The highest BCUT2D eigenvalue weighted by atomic mass is 35.5. The van der Waals surface area contributed by atoms with Crippen LogP contribution in [0.15, 0.2) is 42.5 Å². The molecule has 1 fully saturated rings. The molecule has 2 aromatic rings. The van der Waals surface area contributed by atoms with Gasteiger partial charge in [0.1, 0.15) is 5.75 Å². The van der Waals surface area contributed by atoms with E-state index in [4.69, 9.17) is 11.6 Å². The molecule has 1 unspecified atom stereocenters. The summed E-state index contributed by atoms with van der Waals surface area (Å²) < 4.78 is 29.5. The molecular weight excluding hydrogens is 402 g/mol. The number of ether oxygens (including phenoxy) is 1. The Kier molecular flexibility index (Phi) is 6.69. The Labute approximate surface area is 172 Å². The van der Waals surface area contributed by atoms with Crippen molar-refractivity contribution in [1.82, 2.24) is 4.90 Å². The predicted octanol–water partition coefficient (Wildman–Crippen LogP) is 4.74. The van der Waals surface area contributed by atoms with Crippen LogP contribution in [0.5, 0.6) is 5.75 Å². The number of benzene rings is 2. The summed E-state index contributed by atoms with van der Waals surface area (Å²) in [4.78, 5) is 27.1. The summed E-state index contributed by atoms with van der Waals surface area (Å²) >= 11 is 5.87. The fraction of sp³-hybridized carbons (Fsp3) is 0.333. The summed E-state index contributed by atoms with van der Waals surface area (Å²) in [6.07, 6.45) is 1.34. The number of carbonyl (C=O) groups is 2. The smallest absolute Gasteiger partial charge is 0.387 e. The summed E-state index contributed by atoms with van der Waals surface area (Å²) in [5.74, 6) is -0.779. The van der Waals surface area contributed by atoms with E-state index in [1.807, 2.05) is 0 Å². The number of nitrogens with zero attached hydrogens (tertiary/aromatic N) is 1. The molecule has 0 radical (unpaired) electrons. The fourth-order valence-electron chi connectivity index (χ4n) is 3.36. The second-order valence-electron chi connectivity index (χ2n) is 6.89. The zero-order valence-corrected chi connectivity index (χ0v) is 16.6. The lowest BCUT2D eigenvalue weighted by Gasteiger charge is -2.32. The van der Waals surface area contributed by atoms with Crippen LogP contribution in [0.25, 0.3) is 0 Å². The normalized spacial score (nSPS) is 16.6. The highest BCUT2D eigenvalue weighted by Crippen LogP contribution is 2.28. The zero-order chi connectivity index (χ0) is 21.0. The van der Waals surface area contributed by atoms with Gasteiger partial charge in [0.05, 0.1) is 5.92 Å². The Morgan fingerprint density at radius 3 is 2.62 bits per heavy atom. The molecule has 1 N–H and O–H groups in total. The highest BCUT2D eigenvalue weighted by Gasteiger charge is 2.29. The summed E-state index contributed by atoms with van der Waals surface area (Å²) in [6, 6.07) is 11.2. The lowest BCUT2D eigenvalue weighted by Crippen LogP contribution is -2.43. The summed E-state index contributed by atoms with van der Waals surface area (Å²) in [5, 5.41) is 3.33. The van der Waals surface area contributed by atoms with Crippen LogP contribution in [0.4, 0.5) is 14.5 Å². The molecule has 1 saturated heterocycles. The molecular formula is C21H21ClF2N2O3. The molecule has 1 atom stereocenters. The van der Waals surface area contributed by atoms with E-state index in [1.54, 1.807) is 42.2 Å². The van der Waals surface area contributed by atoms with Crippen molar-refractivity contribution in [3.8, 4) is 5.75 Å². The molecule has 1 heterocycles. The first-order valence-corrected chi connectivity index (χ1v) is 9.63. The number of amides is 2. The van der Waals surface area contributed by atoms with Crippen LogP contribution in [-0.4, -0.2) is 36.4 Å². The van der Waals surface area contributed by atoms with Crippen molar-refractivity contribution in [2.75, 3.05) is 18.4 Å². The van der Waals surface area contributed by atoms with Gasteiger partial charge in [-0.2, -0.15) is 8.78 Å². The van der Waals surface area contributed by atoms with Gasteiger partial charge in [-0.25, -0.2) is 0 Å². The van der Waals surface area contributed by atoms with E-state index < -0.39 is 6.61 Å². The highest BCUT2D eigenvalue weighted by molar-refractivity contribution is 6.30. The van der Waals surface area contributed by atoms with Crippen molar-refractivity contribution in [2.24, 2.45) is 5.92 Å². The van der Waals surface area contributed by atoms with Gasteiger partial charge in [0.2, 0.25) is 5.91 Å². The first-order chi connectivity index (χ1) is 13.8. The quantitative estimate of drug-likeness (QED) is 0.757. The minimum Gasteiger partial charge on any atom is -0.434 e. The van der Waals surface area contributed by atoms with Gasteiger partial charge in [-0.15, -0.1) is 0 Å². The molecule has 154 valence electrons. The van der Waals surface area contributed by atoms with Crippen LogP contribution in [-0.2, 0) is 4.79 Å². The number of rotatable bonds is 5. The standard InChI is InChI=1S/C21H21ClF2N2O3/c1-13-17(5-2-6-18(13)29-21(23)24)25-19(27)15-4-3-11-26(12-15)20(28)14-7-9-16(22)10-8-14/h2,5-10,15,21H,3-4,11-12H2,1H3,(H,25,27). The maximum atomic E-state index is 12.7. The number of hydrogen-bond donors (Lipinski definition) is 1. The van der Waals surface area contributed by atoms with E-state index in [0.717, 1.165) is 0 Å². The minimum absolute atomic E-state index is 0.0148. The Bertz CT molecular complexity index is 890. The van der Waals surface area contributed by atoms with Gasteiger partial charge in [-0.1, -0.05) is 17.7 Å². The molecule has 5 nitrogen and oxygen atoms in total. The van der Waals surface area contributed by atoms with Crippen LogP contribution in [0.2, 0.25) is 5.02 Å². The van der Waals surface area contributed by atoms with Gasteiger partial charge in [-0.05, 0) is 56.2 Å². The molecule has 0 spiro atoms. The lowest BCUT2D eigenvalue weighted by molar-refractivity contribution is -0.121. The number of anilines is 1. The number of alkyl halides is 2. The number of hydrogen-bond acceptors (Lipinski definition) is 3. The molecule has 2 aromatic carbocycles. The number of likely N-dealkylation sites (tertiary alicyclic amines) is 1. The zero-order valence-electron chi connectivity index (χ0n) is 15.8. The molecule has 1 aliphatic rings. The van der Waals surface area contributed by atoms with E-state index in [2.05, 4.69) is 10.1 Å². The Hall–Kier alpha value is -2.67. The number of carbonyl (C=O) groups excluding carboxylic acids is 2. The van der Waals surface area contributed by atoms with Gasteiger partial charge in [0, 0.05) is 34.9 Å². The maximum Gasteiger partial charge on any atom is 0.387 e.